The molecule has 0 atom stereocenters. The van der Waals surface area contributed by atoms with E-state index in [9.17, 15) is 4.79 Å². The number of carbonyl (C=O) groups is 1. The van der Waals surface area contributed by atoms with Gasteiger partial charge in [0, 0.05) is 5.57 Å². The molecule has 2 N–H and O–H groups in total. The summed E-state index contributed by atoms with van der Waals surface area (Å²) in [5.74, 6) is -0.258. The van der Waals surface area contributed by atoms with E-state index in [2.05, 4.69) is 27.6 Å². The van der Waals surface area contributed by atoms with E-state index in [4.69, 9.17) is 5.73 Å². The van der Waals surface area contributed by atoms with Crippen molar-refractivity contribution >= 4 is 5.91 Å². The van der Waals surface area contributed by atoms with Crippen molar-refractivity contribution < 1.29 is 21.7 Å². The number of hydrogen-bond acceptors (Lipinski definition) is 1. The SMILES string of the molecule is C=CC[N+](C)(C)CC=C(CCCCCCCCCCCCCC)C(N)=O.[Cl-]. The highest BCUT2D eigenvalue weighted by Crippen LogP contribution is 2.14. The van der Waals surface area contributed by atoms with Crippen LogP contribution in [-0.4, -0.2) is 37.6 Å². The summed E-state index contributed by atoms with van der Waals surface area (Å²) in [6, 6.07) is 0. The van der Waals surface area contributed by atoms with Gasteiger partial charge in [-0.2, -0.15) is 0 Å². The Morgan fingerprint density at radius 2 is 1.30 bits per heavy atom. The van der Waals surface area contributed by atoms with Gasteiger partial charge in [-0.1, -0.05) is 84.1 Å². The third-order valence-electron chi connectivity index (χ3n) is 5.07. The van der Waals surface area contributed by atoms with Gasteiger partial charge < -0.3 is 22.6 Å². The van der Waals surface area contributed by atoms with Crippen LogP contribution >= 0.6 is 0 Å². The largest absolute Gasteiger partial charge is 1.00 e. The molecule has 0 spiro atoms. The summed E-state index contributed by atoms with van der Waals surface area (Å²) in [7, 11) is 4.28. The molecule has 0 fully saturated rings. The lowest BCUT2D eigenvalue weighted by molar-refractivity contribution is -0.878. The summed E-state index contributed by atoms with van der Waals surface area (Å²) >= 11 is 0. The van der Waals surface area contributed by atoms with Crippen LogP contribution in [0.3, 0.4) is 0 Å². The van der Waals surface area contributed by atoms with E-state index in [-0.39, 0.29) is 18.3 Å². The Bertz CT molecular complexity index is 405. The average Bonchev–Trinajstić information content (AvgIpc) is 2.58. The molecule has 0 unspecified atom stereocenters. The molecule has 4 heteroatoms. The number of rotatable bonds is 18. The van der Waals surface area contributed by atoms with Crippen LogP contribution in [0.2, 0.25) is 0 Å². The summed E-state index contributed by atoms with van der Waals surface area (Å²) in [6.45, 7) is 7.77. The van der Waals surface area contributed by atoms with Gasteiger partial charge >= 0.3 is 0 Å². The Morgan fingerprint density at radius 3 is 1.70 bits per heavy atom. The predicted molar refractivity (Wildman–Crippen MR) is 115 cm³/mol. The number of primary amides is 1. The molecule has 27 heavy (non-hydrogen) atoms. The third kappa shape index (κ3) is 18.3. The summed E-state index contributed by atoms with van der Waals surface area (Å²) in [6.07, 6.45) is 20.8. The van der Waals surface area contributed by atoms with Crippen molar-refractivity contribution in [3.63, 3.8) is 0 Å². The van der Waals surface area contributed by atoms with Gasteiger partial charge in [-0.15, -0.1) is 0 Å². The first-order valence-electron chi connectivity index (χ1n) is 10.8. The molecule has 1 amide bonds. The molecule has 0 aliphatic rings. The second-order valence-corrected chi connectivity index (χ2v) is 8.32. The van der Waals surface area contributed by atoms with Crippen molar-refractivity contribution in [3.8, 4) is 0 Å². The van der Waals surface area contributed by atoms with E-state index in [1.54, 1.807) is 0 Å². The highest BCUT2D eigenvalue weighted by molar-refractivity contribution is 5.91. The number of nitrogens with zero attached hydrogens (tertiary/aromatic N) is 1. The highest BCUT2D eigenvalue weighted by atomic mass is 35.5. The Hall–Kier alpha value is -0.800. The van der Waals surface area contributed by atoms with Gasteiger partial charge in [0.1, 0.15) is 0 Å². The second-order valence-electron chi connectivity index (χ2n) is 8.32. The van der Waals surface area contributed by atoms with Crippen LogP contribution in [0.4, 0.5) is 0 Å². The van der Waals surface area contributed by atoms with Crippen molar-refractivity contribution in [2.75, 3.05) is 27.2 Å². The van der Waals surface area contributed by atoms with Crippen molar-refractivity contribution in [1.82, 2.24) is 0 Å². The van der Waals surface area contributed by atoms with Gasteiger partial charge in [0.25, 0.3) is 0 Å². The number of unbranched alkanes of at least 4 members (excludes halogenated alkanes) is 11. The number of amides is 1. The number of nitrogens with two attached hydrogens (primary N) is 1. The van der Waals surface area contributed by atoms with Gasteiger partial charge in [0.2, 0.25) is 5.91 Å². The molecule has 0 aliphatic heterocycles. The monoisotopic (exact) mass is 400 g/mol. The first-order chi connectivity index (χ1) is 12.4. The van der Waals surface area contributed by atoms with Gasteiger partial charge in [0.15, 0.2) is 0 Å². The molecule has 3 nitrogen and oxygen atoms in total. The molecular weight excluding hydrogens is 356 g/mol. The summed E-state index contributed by atoms with van der Waals surface area (Å²) in [4.78, 5) is 11.6. The fraction of sp³-hybridized carbons (Fsp3) is 0.783. The summed E-state index contributed by atoms with van der Waals surface area (Å²) in [5, 5.41) is 0. The van der Waals surface area contributed by atoms with E-state index < -0.39 is 0 Å². The molecule has 0 saturated carbocycles. The number of hydrogen-bond donors (Lipinski definition) is 1. The molecule has 0 aromatic heterocycles. The molecule has 0 aromatic rings. The van der Waals surface area contributed by atoms with Gasteiger partial charge in [0.05, 0.1) is 27.2 Å². The fourth-order valence-electron chi connectivity index (χ4n) is 3.26. The molecule has 0 saturated heterocycles. The Morgan fingerprint density at radius 1 is 0.852 bits per heavy atom. The van der Waals surface area contributed by atoms with Gasteiger partial charge in [-0.05, 0) is 25.0 Å². The first kappa shape index (κ1) is 28.4. The number of halogens is 1. The van der Waals surface area contributed by atoms with Crippen LogP contribution < -0.4 is 18.1 Å². The third-order valence-corrected chi connectivity index (χ3v) is 5.07. The Labute approximate surface area is 175 Å². The molecular formula is C23H45ClN2O. The molecule has 0 aromatic carbocycles. The maximum absolute atomic E-state index is 11.6. The van der Waals surface area contributed by atoms with Crippen LogP contribution in [0.15, 0.2) is 24.3 Å². The van der Waals surface area contributed by atoms with Crippen molar-refractivity contribution in [2.24, 2.45) is 5.73 Å². The summed E-state index contributed by atoms with van der Waals surface area (Å²) < 4.78 is 0.804. The normalized spacial score (nSPS) is 11.9. The number of likely N-dealkylation sites (N-methyl/N-ethyl adjacent to an activating group) is 1. The molecule has 0 heterocycles. The average molecular weight is 401 g/mol. The van der Waals surface area contributed by atoms with Crippen molar-refractivity contribution in [2.45, 2.75) is 90.4 Å². The van der Waals surface area contributed by atoms with E-state index in [0.717, 1.165) is 36.0 Å². The Kier molecular flexibility index (Phi) is 19.5. The predicted octanol–water partition coefficient (Wildman–Crippen LogP) is 2.76. The lowest BCUT2D eigenvalue weighted by Gasteiger charge is -2.27. The van der Waals surface area contributed by atoms with Crippen LogP contribution in [0.1, 0.15) is 90.4 Å². The highest BCUT2D eigenvalue weighted by Gasteiger charge is 2.12. The van der Waals surface area contributed by atoms with Gasteiger partial charge in [-0.25, -0.2) is 0 Å². The van der Waals surface area contributed by atoms with E-state index in [1.165, 1.54) is 70.6 Å². The maximum atomic E-state index is 11.6. The van der Waals surface area contributed by atoms with Gasteiger partial charge in [-0.3, -0.25) is 4.79 Å². The lowest BCUT2D eigenvalue weighted by Crippen LogP contribution is -3.00. The van der Waals surface area contributed by atoms with Crippen LogP contribution in [-0.2, 0) is 4.79 Å². The molecule has 0 bridgehead atoms. The summed E-state index contributed by atoms with van der Waals surface area (Å²) in [5.41, 5.74) is 6.34. The lowest BCUT2D eigenvalue weighted by atomic mass is 10.0. The topological polar surface area (TPSA) is 43.1 Å². The standard InChI is InChI=1S/C23H44N2O.ClH/c1-5-7-8-9-10-11-12-13-14-15-16-17-18-22(23(24)26)19-21-25(3,4)20-6-2;/h6,19H,2,5,7-18,20-21H2,1,3-4H3,(H-,24,26);1H. The second kappa shape index (κ2) is 18.6. The zero-order valence-corrected chi connectivity index (χ0v) is 19.0. The molecule has 0 rings (SSSR count). The quantitative estimate of drug-likeness (QED) is 0.163. The smallest absolute Gasteiger partial charge is 0.244 e. The first-order valence-corrected chi connectivity index (χ1v) is 10.8. The Balaban J connectivity index is 0. The zero-order chi connectivity index (χ0) is 19.7. The minimum absolute atomic E-state index is 0. The zero-order valence-electron chi connectivity index (χ0n) is 18.3. The maximum Gasteiger partial charge on any atom is 0.244 e. The van der Waals surface area contributed by atoms with E-state index in [0.29, 0.717) is 0 Å². The number of quaternary nitrogens is 1. The van der Waals surface area contributed by atoms with Crippen molar-refractivity contribution in [3.05, 3.63) is 24.3 Å². The number of carbonyl (C=O) groups excluding carboxylic acids is 1. The molecule has 0 radical (unpaired) electrons. The minimum Gasteiger partial charge on any atom is -1.00 e. The van der Waals surface area contributed by atoms with Crippen molar-refractivity contribution in [1.29, 1.82) is 0 Å². The molecule has 0 aliphatic carbocycles. The minimum atomic E-state index is -0.258. The van der Waals surface area contributed by atoms with Crippen LogP contribution in [0, 0.1) is 0 Å². The van der Waals surface area contributed by atoms with E-state index in [1.807, 2.05) is 12.2 Å². The fourth-order valence-corrected chi connectivity index (χ4v) is 3.26. The van der Waals surface area contributed by atoms with E-state index >= 15 is 0 Å². The van der Waals surface area contributed by atoms with Crippen LogP contribution in [0.25, 0.3) is 0 Å². The van der Waals surface area contributed by atoms with Crippen LogP contribution in [0.5, 0.6) is 0 Å². The molecule has 160 valence electrons.